The van der Waals surface area contributed by atoms with Gasteiger partial charge in [0, 0.05) is 31.0 Å². The van der Waals surface area contributed by atoms with Gasteiger partial charge in [0.2, 0.25) is 0 Å². The zero-order valence-corrected chi connectivity index (χ0v) is 15.1. The van der Waals surface area contributed by atoms with Crippen LogP contribution in [-0.4, -0.2) is 41.7 Å². The SMILES string of the molecule is CC(c1ccon1)N(C)C(=O)C1(Oc2ccc(Cl)cc2)CCNCC1. The molecule has 25 heavy (non-hydrogen) atoms. The molecule has 2 aromatic rings. The van der Waals surface area contributed by atoms with Gasteiger partial charge in [-0.3, -0.25) is 4.79 Å². The first-order chi connectivity index (χ1) is 12.0. The molecule has 0 aliphatic carbocycles. The number of carbonyl (C=O) groups is 1. The Balaban J connectivity index is 1.83. The first-order valence-corrected chi connectivity index (χ1v) is 8.72. The number of benzene rings is 1. The molecule has 0 radical (unpaired) electrons. The summed E-state index contributed by atoms with van der Waals surface area (Å²) in [5.41, 5.74) is -0.183. The molecule has 1 amide bonds. The lowest BCUT2D eigenvalue weighted by atomic mass is 9.89. The van der Waals surface area contributed by atoms with Gasteiger partial charge in [0.15, 0.2) is 5.60 Å². The van der Waals surface area contributed by atoms with E-state index in [0.717, 1.165) is 13.1 Å². The lowest BCUT2D eigenvalue weighted by Gasteiger charge is -2.40. The fourth-order valence-electron chi connectivity index (χ4n) is 3.05. The van der Waals surface area contributed by atoms with Crippen molar-refractivity contribution in [3.8, 4) is 5.75 Å². The molecule has 134 valence electrons. The molecule has 1 saturated heterocycles. The first-order valence-electron chi connectivity index (χ1n) is 8.35. The van der Waals surface area contributed by atoms with Gasteiger partial charge in [-0.1, -0.05) is 16.8 Å². The van der Waals surface area contributed by atoms with Crippen molar-refractivity contribution >= 4 is 17.5 Å². The Kier molecular flexibility index (Phi) is 5.30. The monoisotopic (exact) mass is 363 g/mol. The van der Waals surface area contributed by atoms with Crippen LogP contribution in [0.2, 0.25) is 5.02 Å². The van der Waals surface area contributed by atoms with Crippen LogP contribution >= 0.6 is 11.6 Å². The molecule has 1 aliphatic heterocycles. The van der Waals surface area contributed by atoms with Crippen LogP contribution in [-0.2, 0) is 4.79 Å². The maximum atomic E-state index is 13.3. The van der Waals surface area contributed by atoms with Gasteiger partial charge >= 0.3 is 0 Å². The van der Waals surface area contributed by atoms with E-state index >= 15 is 0 Å². The highest BCUT2D eigenvalue weighted by molar-refractivity contribution is 6.30. The number of hydrogen-bond donors (Lipinski definition) is 1. The molecule has 1 fully saturated rings. The number of aromatic nitrogens is 1. The second-order valence-electron chi connectivity index (χ2n) is 6.32. The number of rotatable bonds is 5. The van der Waals surface area contributed by atoms with Crippen molar-refractivity contribution in [2.75, 3.05) is 20.1 Å². The Bertz CT molecular complexity index is 697. The van der Waals surface area contributed by atoms with Gasteiger partial charge in [-0.15, -0.1) is 0 Å². The summed E-state index contributed by atoms with van der Waals surface area (Å²) in [5.74, 6) is 0.585. The topological polar surface area (TPSA) is 67.6 Å². The third-order valence-corrected chi connectivity index (χ3v) is 4.97. The van der Waals surface area contributed by atoms with Crippen molar-refractivity contribution in [2.45, 2.75) is 31.4 Å². The Morgan fingerprint density at radius 3 is 2.60 bits per heavy atom. The van der Waals surface area contributed by atoms with E-state index in [9.17, 15) is 4.79 Å². The van der Waals surface area contributed by atoms with Gasteiger partial charge in [-0.2, -0.15) is 0 Å². The van der Waals surface area contributed by atoms with Crippen LogP contribution in [0.3, 0.4) is 0 Å². The highest BCUT2D eigenvalue weighted by atomic mass is 35.5. The van der Waals surface area contributed by atoms with Crippen LogP contribution < -0.4 is 10.1 Å². The fourth-order valence-corrected chi connectivity index (χ4v) is 3.18. The molecule has 3 rings (SSSR count). The van der Waals surface area contributed by atoms with Crippen molar-refractivity contribution in [1.29, 1.82) is 0 Å². The highest BCUT2D eigenvalue weighted by Crippen LogP contribution is 2.31. The quantitative estimate of drug-likeness (QED) is 0.884. The Morgan fingerprint density at radius 1 is 1.32 bits per heavy atom. The van der Waals surface area contributed by atoms with E-state index in [2.05, 4.69) is 10.5 Å². The Morgan fingerprint density at radius 2 is 2.00 bits per heavy atom. The summed E-state index contributed by atoms with van der Waals surface area (Å²) in [4.78, 5) is 15.0. The molecule has 0 bridgehead atoms. The van der Waals surface area contributed by atoms with E-state index in [-0.39, 0.29) is 11.9 Å². The van der Waals surface area contributed by atoms with E-state index in [1.807, 2.05) is 6.92 Å². The number of nitrogens with one attached hydrogen (secondary N) is 1. The summed E-state index contributed by atoms with van der Waals surface area (Å²) >= 11 is 5.94. The van der Waals surface area contributed by atoms with Gasteiger partial charge in [-0.05, 0) is 44.3 Å². The van der Waals surface area contributed by atoms with Gasteiger partial charge in [-0.25, -0.2) is 0 Å². The standard InChI is InChI=1S/C18H22ClN3O3/c1-13(16-7-12-24-21-16)22(2)17(23)18(8-10-20-11-9-18)25-15-5-3-14(19)4-6-15/h3-7,12-13,20H,8-11H2,1-2H3. The van der Waals surface area contributed by atoms with Crippen molar-refractivity contribution in [3.05, 3.63) is 47.3 Å². The van der Waals surface area contributed by atoms with Crippen LogP contribution in [0.1, 0.15) is 31.5 Å². The molecule has 6 nitrogen and oxygen atoms in total. The number of carbonyl (C=O) groups excluding carboxylic acids is 1. The predicted octanol–water partition coefficient (Wildman–Crippen LogP) is 3.05. The number of piperidine rings is 1. The van der Waals surface area contributed by atoms with Crippen LogP contribution in [0.15, 0.2) is 41.1 Å². The number of amides is 1. The summed E-state index contributed by atoms with van der Waals surface area (Å²) in [7, 11) is 1.77. The predicted molar refractivity (Wildman–Crippen MR) is 94.6 cm³/mol. The van der Waals surface area contributed by atoms with E-state index in [4.69, 9.17) is 20.9 Å². The average molecular weight is 364 g/mol. The van der Waals surface area contributed by atoms with Crippen LogP contribution in [0.4, 0.5) is 0 Å². The minimum absolute atomic E-state index is 0.0561. The third-order valence-electron chi connectivity index (χ3n) is 4.71. The minimum atomic E-state index is -0.897. The van der Waals surface area contributed by atoms with E-state index < -0.39 is 5.60 Å². The van der Waals surface area contributed by atoms with Crippen molar-refractivity contribution in [1.82, 2.24) is 15.4 Å². The van der Waals surface area contributed by atoms with Crippen molar-refractivity contribution in [3.63, 3.8) is 0 Å². The smallest absolute Gasteiger partial charge is 0.267 e. The molecule has 1 atom stereocenters. The molecule has 1 unspecified atom stereocenters. The minimum Gasteiger partial charge on any atom is -0.477 e. The first kappa shape index (κ1) is 17.8. The maximum Gasteiger partial charge on any atom is 0.267 e. The largest absolute Gasteiger partial charge is 0.477 e. The maximum absolute atomic E-state index is 13.3. The Labute approximate surface area is 152 Å². The number of ether oxygens (including phenoxy) is 1. The third kappa shape index (κ3) is 3.80. The molecule has 7 heteroatoms. The number of likely N-dealkylation sites (N-methyl/N-ethyl adjacent to an activating group) is 1. The van der Waals surface area contributed by atoms with Crippen LogP contribution in [0, 0.1) is 0 Å². The van der Waals surface area contributed by atoms with E-state index in [0.29, 0.717) is 29.3 Å². The van der Waals surface area contributed by atoms with E-state index in [1.165, 1.54) is 6.26 Å². The summed E-state index contributed by atoms with van der Waals surface area (Å²) in [6, 6.07) is 8.67. The van der Waals surface area contributed by atoms with Gasteiger partial charge in [0.25, 0.3) is 5.91 Å². The zero-order valence-electron chi connectivity index (χ0n) is 14.4. The molecule has 1 N–H and O–H groups in total. The number of nitrogens with zero attached hydrogens (tertiary/aromatic N) is 2. The second kappa shape index (κ2) is 7.45. The van der Waals surface area contributed by atoms with Gasteiger partial charge in [0.1, 0.15) is 17.7 Å². The van der Waals surface area contributed by atoms with Crippen LogP contribution in [0.5, 0.6) is 5.75 Å². The fraction of sp³-hybridized carbons (Fsp3) is 0.444. The number of halogens is 1. The van der Waals surface area contributed by atoms with Gasteiger partial charge in [0.05, 0.1) is 6.04 Å². The normalized spacial score (nSPS) is 17.7. The lowest BCUT2D eigenvalue weighted by molar-refractivity contribution is -0.151. The lowest BCUT2D eigenvalue weighted by Crippen LogP contribution is -2.57. The Hall–Kier alpha value is -2.05. The molecular formula is C18H22ClN3O3. The summed E-state index contributed by atoms with van der Waals surface area (Å²) in [5, 5.41) is 7.86. The van der Waals surface area contributed by atoms with Crippen molar-refractivity contribution < 1.29 is 14.1 Å². The molecule has 0 spiro atoms. The van der Waals surface area contributed by atoms with Crippen LogP contribution in [0.25, 0.3) is 0 Å². The molecule has 1 aliphatic rings. The van der Waals surface area contributed by atoms with Crippen molar-refractivity contribution in [2.24, 2.45) is 0 Å². The molecule has 1 aromatic heterocycles. The second-order valence-corrected chi connectivity index (χ2v) is 6.75. The average Bonchev–Trinajstić information content (AvgIpc) is 3.17. The number of hydrogen-bond acceptors (Lipinski definition) is 5. The van der Waals surface area contributed by atoms with E-state index in [1.54, 1.807) is 42.3 Å². The zero-order chi connectivity index (χ0) is 17.9. The molecule has 0 saturated carbocycles. The molecule has 1 aromatic carbocycles. The summed E-state index contributed by atoms with van der Waals surface area (Å²) in [6.07, 6.45) is 2.71. The summed E-state index contributed by atoms with van der Waals surface area (Å²) in [6.45, 7) is 3.38. The highest BCUT2D eigenvalue weighted by Gasteiger charge is 2.45. The molecule has 2 heterocycles. The molecular weight excluding hydrogens is 342 g/mol. The summed E-state index contributed by atoms with van der Waals surface area (Å²) < 4.78 is 11.1. The van der Waals surface area contributed by atoms with Gasteiger partial charge < -0.3 is 19.5 Å².